The van der Waals surface area contributed by atoms with Crippen LogP contribution in [-0.4, -0.2) is 9.97 Å². The lowest BCUT2D eigenvalue weighted by atomic mass is 10.2. The van der Waals surface area contributed by atoms with E-state index in [9.17, 15) is 0 Å². The molecule has 1 N–H and O–H groups in total. The van der Waals surface area contributed by atoms with Gasteiger partial charge < -0.3 is 5.32 Å². The van der Waals surface area contributed by atoms with Gasteiger partial charge in [-0.1, -0.05) is 37.3 Å². The highest BCUT2D eigenvalue weighted by molar-refractivity contribution is 7.10. The predicted octanol–water partition coefficient (Wildman–Crippen LogP) is 4.51. The minimum absolute atomic E-state index is 0.314. The van der Waals surface area contributed by atoms with E-state index >= 15 is 0 Å². The van der Waals surface area contributed by atoms with Crippen LogP contribution in [0.5, 0.6) is 0 Å². The summed E-state index contributed by atoms with van der Waals surface area (Å²) in [7, 11) is 0. The van der Waals surface area contributed by atoms with Crippen molar-refractivity contribution in [1.82, 2.24) is 15.3 Å². The Morgan fingerprint density at radius 2 is 2.05 bits per heavy atom. The Morgan fingerprint density at radius 3 is 2.76 bits per heavy atom. The van der Waals surface area contributed by atoms with Gasteiger partial charge in [0.15, 0.2) is 0 Å². The van der Waals surface area contributed by atoms with Crippen LogP contribution in [0.1, 0.15) is 29.4 Å². The van der Waals surface area contributed by atoms with E-state index in [0.29, 0.717) is 6.04 Å². The van der Waals surface area contributed by atoms with E-state index in [0.717, 1.165) is 28.7 Å². The van der Waals surface area contributed by atoms with Crippen LogP contribution in [-0.2, 0) is 6.54 Å². The average Bonchev–Trinajstić information content (AvgIpc) is 3.20. The lowest BCUT2D eigenvalue weighted by Gasteiger charge is -2.12. The van der Waals surface area contributed by atoms with Gasteiger partial charge in [0.05, 0.1) is 11.7 Å². The second-order valence-electron chi connectivity index (χ2n) is 4.70. The number of rotatable bonds is 6. The third-order valence-electron chi connectivity index (χ3n) is 3.28. The molecule has 108 valence electrons. The molecule has 3 nitrogen and oxygen atoms in total. The number of nitrogens with one attached hydrogen (secondary N) is 1. The normalized spacial score (nSPS) is 12.4. The minimum Gasteiger partial charge on any atom is -0.301 e. The molecule has 2 heterocycles. The number of hydrogen-bond donors (Lipinski definition) is 1. The highest BCUT2D eigenvalue weighted by Crippen LogP contribution is 2.23. The molecule has 0 aliphatic carbocycles. The lowest BCUT2D eigenvalue weighted by molar-refractivity contribution is 0.516. The predicted molar refractivity (Wildman–Crippen MR) is 89.5 cm³/mol. The maximum Gasteiger partial charge on any atom is 0.109 e. The van der Waals surface area contributed by atoms with Gasteiger partial charge in [-0.15, -0.1) is 22.7 Å². The monoisotopic (exact) mass is 315 g/mol. The third kappa shape index (κ3) is 3.56. The first kappa shape index (κ1) is 14.4. The van der Waals surface area contributed by atoms with Crippen molar-refractivity contribution >= 4 is 22.7 Å². The van der Waals surface area contributed by atoms with Crippen LogP contribution in [0.25, 0.3) is 11.3 Å². The van der Waals surface area contributed by atoms with Crippen LogP contribution < -0.4 is 5.32 Å². The molecule has 5 heteroatoms. The topological polar surface area (TPSA) is 37.8 Å². The van der Waals surface area contributed by atoms with Gasteiger partial charge in [0.25, 0.3) is 0 Å². The van der Waals surface area contributed by atoms with Gasteiger partial charge in [0, 0.05) is 29.1 Å². The fraction of sp³-hybridized carbons (Fsp3) is 0.250. The summed E-state index contributed by atoms with van der Waals surface area (Å²) >= 11 is 3.41. The fourth-order valence-corrected chi connectivity index (χ4v) is 3.71. The molecule has 21 heavy (non-hydrogen) atoms. The SMILES string of the molecule is CCC(NCc1nc(-c2ccccc2)cs1)c1nccs1. The Morgan fingerprint density at radius 1 is 1.19 bits per heavy atom. The molecule has 3 aromatic rings. The molecule has 0 radical (unpaired) electrons. The molecule has 0 fully saturated rings. The molecule has 0 spiro atoms. The molecule has 1 unspecified atom stereocenters. The van der Waals surface area contributed by atoms with Crippen molar-refractivity contribution in [2.75, 3.05) is 0 Å². The zero-order chi connectivity index (χ0) is 14.5. The number of nitrogens with zero attached hydrogens (tertiary/aromatic N) is 2. The summed E-state index contributed by atoms with van der Waals surface area (Å²) in [6, 6.07) is 10.6. The summed E-state index contributed by atoms with van der Waals surface area (Å²) in [5, 5.41) is 9.96. The van der Waals surface area contributed by atoms with Gasteiger partial charge in [-0.2, -0.15) is 0 Å². The van der Waals surface area contributed by atoms with Crippen LogP contribution in [0.15, 0.2) is 47.3 Å². The molecule has 0 bridgehead atoms. The fourth-order valence-electron chi connectivity index (χ4n) is 2.16. The summed E-state index contributed by atoms with van der Waals surface area (Å²) in [6.45, 7) is 2.96. The Labute approximate surface area is 132 Å². The van der Waals surface area contributed by atoms with Crippen molar-refractivity contribution in [3.63, 3.8) is 0 Å². The molecular weight excluding hydrogens is 298 g/mol. The molecular formula is C16H17N3S2. The van der Waals surface area contributed by atoms with Crippen molar-refractivity contribution < 1.29 is 0 Å². The number of benzene rings is 1. The summed E-state index contributed by atoms with van der Waals surface area (Å²) in [4.78, 5) is 9.10. The standard InChI is InChI=1S/C16H17N3S2/c1-2-13(16-17-8-9-20-16)18-10-15-19-14(11-21-15)12-6-4-3-5-7-12/h3-9,11,13,18H,2,10H2,1H3. The van der Waals surface area contributed by atoms with E-state index in [4.69, 9.17) is 4.98 Å². The van der Waals surface area contributed by atoms with Crippen LogP contribution in [0.2, 0.25) is 0 Å². The second-order valence-corrected chi connectivity index (χ2v) is 6.57. The van der Waals surface area contributed by atoms with E-state index in [-0.39, 0.29) is 0 Å². The molecule has 0 aliphatic heterocycles. The zero-order valence-electron chi connectivity index (χ0n) is 11.8. The first-order chi connectivity index (χ1) is 10.4. The van der Waals surface area contributed by atoms with Crippen molar-refractivity contribution in [1.29, 1.82) is 0 Å². The molecule has 1 atom stereocenters. The van der Waals surface area contributed by atoms with E-state index < -0.39 is 0 Å². The van der Waals surface area contributed by atoms with Crippen molar-refractivity contribution in [3.8, 4) is 11.3 Å². The summed E-state index contributed by atoms with van der Waals surface area (Å²) in [5.41, 5.74) is 2.23. The van der Waals surface area contributed by atoms with E-state index in [1.54, 1.807) is 22.7 Å². The average molecular weight is 315 g/mol. The molecule has 0 amide bonds. The molecule has 0 saturated heterocycles. The summed E-state index contributed by atoms with van der Waals surface area (Å²) < 4.78 is 0. The Balaban J connectivity index is 1.65. The smallest absolute Gasteiger partial charge is 0.109 e. The Kier molecular flexibility index (Phi) is 4.75. The number of hydrogen-bond acceptors (Lipinski definition) is 5. The maximum absolute atomic E-state index is 4.71. The lowest BCUT2D eigenvalue weighted by Crippen LogP contribution is -2.19. The second kappa shape index (κ2) is 6.93. The third-order valence-corrected chi connectivity index (χ3v) is 5.02. The largest absolute Gasteiger partial charge is 0.301 e. The Hall–Kier alpha value is -1.56. The van der Waals surface area contributed by atoms with Crippen LogP contribution in [0, 0.1) is 0 Å². The molecule has 2 aromatic heterocycles. The van der Waals surface area contributed by atoms with Gasteiger partial charge >= 0.3 is 0 Å². The van der Waals surface area contributed by atoms with Gasteiger partial charge in [-0.25, -0.2) is 9.97 Å². The van der Waals surface area contributed by atoms with E-state index in [1.165, 1.54) is 5.56 Å². The van der Waals surface area contributed by atoms with Crippen molar-refractivity contribution in [2.24, 2.45) is 0 Å². The van der Waals surface area contributed by atoms with Gasteiger partial charge in [-0.3, -0.25) is 0 Å². The van der Waals surface area contributed by atoms with Gasteiger partial charge in [0.1, 0.15) is 10.0 Å². The molecule has 0 saturated carbocycles. The van der Waals surface area contributed by atoms with Crippen molar-refractivity contribution in [2.45, 2.75) is 25.9 Å². The first-order valence-corrected chi connectivity index (χ1v) is 8.75. The molecule has 1 aromatic carbocycles. The Bertz CT molecular complexity index is 662. The zero-order valence-corrected chi connectivity index (χ0v) is 13.5. The summed E-state index contributed by atoms with van der Waals surface area (Å²) in [6.07, 6.45) is 2.89. The van der Waals surface area contributed by atoms with Gasteiger partial charge in [-0.05, 0) is 6.42 Å². The van der Waals surface area contributed by atoms with Crippen LogP contribution in [0.4, 0.5) is 0 Å². The highest BCUT2D eigenvalue weighted by Gasteiger charge is 2.12. The quantitative estimate of drug-likeness (QED) is 0.727. The van der Waals surface area contributed by atoms with Crippen LogP contribution >= 0.6 is 22.7 Å². The molecule has 0 aliphatic rings. The van der Waals surface area contributed by atoms with E-state index in [1.807, 2.05) is 29.8 Å². The van der Waals surface area contributed by atoms with E-state index in [2.05, 4.69) is 34.7 Å². The first-order valence-electron chi connectivity index (χ1n) is 6.99. The minimum atomic E-state index is 0.314. The molecule has 3 rings (SSSR count). The highest BCUT2D eigenvalue weighted by atomic mass is 32.1. The number of thiazole rings is 2. The summed E-state index contributed by atoms with van der Waals surface area (Å²) in [5.74, 6) is 0. The van der Waals surface area contributed by atoms with Crippen molar-refractivity contribution in [3.05, 3.63) is 57.3 Å². The number of aromatic nitrogens is 2. The van der Waals surface area contributed by atoms with Crippen LogP contribution in [0.3, 0.4) is 0 Å². The maximum atomic E-state index is 4.71. The van der Waals surface area contributed by atoms with Gasteiger partial charge in [0.2, 0.25) is 0 Å².